The van der Waals surface area contributed by atoms with E-state index in [0.29, 0.717) is 11.5 Å². The first-order chi connectivity index (χ1) is 8.65. The van der Waals surface area contributed by atoms with Gasteiger partial charge in [-0.05, 0) is 36.3 Å². The van der Waals surface area contributed by atoms with E-state index in [0.717, 1.165) is 34.4 Å². The predicted molar refractivity (Wildman–Crippen MR) is 68.1 cm³/mol. The van der Waals surface area contributed by atoms with Crippen LogP contribution < -0.4 is 4.94 Å². The Morgan fingerprint density at radius 1 is 1.50 bits per heavy atom. The molecule has 0 aliphatic heterocycles. The largest absolute Gasteiger partial charge is 0.481 e. The van der Waals surface area contributed by atoms with E-state index in [1.807, 2.05) is 12.1 Å². The molecule has 1 fully saturated rings. The molecule has 2 aromatic rings. The van der Waals surface area contributed by atoms with Crippen molar-refractivity contribution in [3.63, 3.8) is 0 Å². The number of aliphatic carboxylic acids is 1. The second kappa shape index (κ2) is 4.24. The maximum Gasteiger partial charge on any atom is 0.396 e. The van der Waals surface area contributed by atoms with Crippen molar-refractivity contribution in [1.82, 2.24) is 0 Å². The molecule has 1 atom stereocenters. The molecule has 1 aromatic heterocycles. The van der Waals surface area contributed by atoms with Gasteiger partial charge in [-0.15, -0.1) is 0 Å². The lowest BCUT2D eigenvalue weighted by Crippen LogP contribution is -2.08. The number of carbonyl (C=O) groups is 1. The van der Waals surface area contributed by atoms with Gasteiger partial charge in [-0.3, -0.25) is 4.79 Å². The summed E-state index contributed by atoms with van der Waals surface area (Å²) in [6.45, 7) is 0. The van der Waals surface area contributed by atoms with E-state index in [9.17, 15) is 9.59 Å². The van der Waals surface area contributed by atoms with Gasteiger partial charge in [-0.2, -0.15) is 0 Å². The van der Waals surface area contributed by atoms with E-state index in [1.54, 1.807) is 6.07 Å². The van der Waals surface area contributed by atoms with Crippen LogP contribution >= 0.6 is 11.3 Å². The predicted octanol–water partition coefficient (Wildman–Crippen LogP) is 2.82. The van der Waals surface area contributed by atoms with Crippen molar-refractivity contribution in [3.05, 3.63) is 33.5 Å². The van der Waals surface area contributed by atoms with Crippen molar-refractivity contribution in [3.8, 4) is 0 Å². The van der Waals surface area contributed by atoms with Gasteiger partial charge >= 0.3 is 10.9 Å². The summed E-state index contributed by atoms with van der Waals surface area (Å²) in [6.07, 6.45) is 2.26. The quantitative estimate of drug-likeness (QED) is 0.922. The number of carboxylic acid groups (broad SMARTS) is 1. The van der Waals surface area contributed by atoms with E-state index >= 15 is 0 Å². The summed E-state index contributed by atoms with van der Waals surface area (Å²) >= 11 is 1.06. The van der Waals surface area contributed by atoms with E-state index in [2.05, 4.69) is 0 Å². The zero-order valence-corrected chi connectivity index (χ0v) is 10.4. The number of hydrogen-bond donors (Lipinski definition) is 1. The minimum absolute atomic E-state index is 0.000509. The summed E-state index contributed by atoms with van der Waals surface area (Å²) in [6, 6.07) is 5.49. The lowest BCUT2D eigenvalue weighted by atomic mass is 9.91. The summed E-state index contributed by atoms with van der Waals surface area (Å²) in [5.41, 5.74) is 1.52. The monoisotopic (exact) mass is 264 g/mol. The summed E-state index contributed by atoms with van der Waals surface area (Å²) in [4.78, 5) is 22.0. The fourth-order valence-electron chi connectivity index (χ4n) is 2.43. The van der Waals surface area contributed by atoms with Crippen LogP contribution in [-0.2, 0) is 4.79 Å². The maximum absolute atomic E-state index is 11.3. The molecule has 1 aliphatic rings. The number of benzene rings is 1. The molecule has 1 N–H and O–H groups in total. The van der Waals surface area contributed by atoms with Crippen molar-refractivity contribution in [2.24, 2.45) is 5.92 Å². The minimum Gasteiger partial charge on any atom is -0.481 e. The Morgan fingerprint density at radius 2 is 2.28 bits per heavy atom. The van der Waals surface area contributed by atoms with Crippen LogP contribution in [-0.4, -0.2) is 11.1 Å². The fraction of sp³-hybridized carbons (Fsp3) is 0.385. The fourth-order valence-corrected chi connectivity index (χ4v) is 3.27. The third kappa shape index (κ3) is 2.06. The van der Waals surface area contributed by atoms with Crippen LogP contribution in [0.1, 0.15) is 30.7 Å². The number of carboxylic acids is 1. The van der Waals surface area contributed by atoms with Crippen molar-refractivity contribution in [2.45, 2.75) is 25.2 Å². The Labute approximate surface area is 107 Å². The van der Waals surface area contributed by atoms with E-state index < -0.39 is 5.97 Å². The van der Waals surface area contributed by atoms with Crippen LogP contribution in [0.3, 0.4) is 0 Å². The molecule has 1 heterocycles. The molecular weight excluding hydrogens is 252 g/mol. The molecule has 1 unspecified atom stereocenters. The molecule has 4 nitrogen and oxygen atoms in total. The van der Waals surface area contributed by atoms with Crippen LogP contribution in [0.5, 0.6) is 0 Å². The molecule has 1 saturated carbocycles. The topological polar surface area (TPSA) is 67.5 Å². The maximum atomic E-state index is 11.3. The van der Waals surface area contributed by atoms with E-state index in [4.69, 9.17) is 9.52 Å². The number of fused-ring (bicyclic) bond motifs is 1. The van der Waals surface area contributed by atoms with Gasteiger partial charge in [0.2, 0.25) is 0 Å². The normalized spacial score (nSPS) is 16.9. The summed E-state index contributed by atoms with van der Waals surface area (Å²) in [5, 5.41) is 9.02. The van der Waals surface area contributed by atoms with Crippen LogP contribution in [0.25, 0.3) is 10.3 Å². The lowest BCUT2D eigenvalue weighted by molar-refractivity contribution is -0.137. The van der Waals surface area contributed by atoms with Gasteiger partial charge in [-0.25, -0.2) is 4.79 Å². The smallest absolute Gasteiger partial charge is 0.396 e. The van der Waals surface area contributed by atoms with Gasteiger partial charge in [0.15, 0.2) is 0 Å². The van der Waals surface area contributed by atoms with Gasteiger partial charge in [0.1, 0.15) is 5.58 Å². The van der Waals surface area contributed by atoms with Crippen LogP contribution in [0.2, 0.25) is 0 Å². The minimum atomic E-state index is -0.792. The Hall–Kier alpha value is -1.62. The highest BCUT2D eigenvalue weighted by Gasteiger charge is 2.35. The molecule has 0 bridgehead atoms. The Bertz CT molecular complexity index is 650. The van der Waals surface area contributed by atoms with Crippen LogP contribution in [0.15, 0.2) is 27.4 Å². The van der Waals surface area contributed by atoms with Gasteiger partial charge in [0.05, 0.1) is 11.1 Å². The zero-order valence-electron chi connectivity index (χ0n) is 9.59. The third-order valence-corrected chi connectivity index (χ3v) is 4.26. The lowest BCUT2D eigenvalue weighted by Gasteiger charge is -2.14. The average Bonchev–Trinajstić information content (AvgIpc) is 3.06. The SMILES string of the molecule is O=C(O)CC(c1cccc2oc(=O)sc12)C1CC1. The summed E-state index contributed by atoms with van der Waals surface area (Å²) in [5.74, 6) is -0.358. The van der Waals surface area contributed by atoms with Gasteiger partial charge in [-0.1, -0.05) is 23.5 Å². The molecule has 5 heteroatoms. The molecule has 94 valence electrons. The molecule has 0 saturated heterocycles. The van der Waals surface area contributed by atoms with Crippen LogP contribution in [0.4, 0.5) is 0 Å². The number of rotatable bonds is 4. The Morgan fingerprint density at radius 3 is 2.94 bits per heavy atom. The highest BCUT2D eigenvalue weighted by atomic mass is 32.1. The zero-order chi connectivity index (χ0) is 12.7. The highest BCUT2D eigenvalue weighted by molar-refractivity contribution is 7.16. The summed E-state index contributed by atoms with van der Waals surface area (Å²) in [7, 11) is 0. The molecule has 18 heavy (non-hydrogen) atoms. The molecule has 1 aromatic carbocycles. The van der Waals surface area contributed by atoms with E-state index in [1.165, 1.54) is 0 Å². The molecule has 1 aliphatic carbocycles. The van der Waals surface area contributed by atoms with Crippen molar-refractivity contribution in [2.75, 3.05) is 0 Å². The van der Waals surface area contributed by atoms with Crippen molar-refractivity contribution in [1.29, 1.82) is 0 Å². The first kappa shape index (κ1) is 11.5. The van der Waals surface area contributed by atoms with Gasteiger partial charge in [0, 0.05) is 0 Å². The Balaban J connectivity index is 2.10. The molecule has 0 amide bonds. The molecular formula is C13H12O4S. The molecule has 0 spiro atoms. The Kier molecular flexibility index (Phi) is 2.70. The second-order valence-corrected chi connectivity index (χ2v) is 5.62. The summed E-state index contributed by atoms with van der Waals surface area (Å²) < 4.78 is 5.89. The van der Waals surface area contributed by atoms with Gasteiger partial charge in [0.25, 0.3) is 0 Å². The van der Waals surface area contributed by atoms with E-state index in [-0.39, 0.29) is 17.3 Å². The third-order valence-electron chi connectivity index (χ3n) is 3.37. The molecule has 0 radical (unpaired) electrons. The highest BCUT2D eigenvalue weighted by Crippen LogP contribution is 2.46. The molecule has 3 rings (SSSR count). The second-order valence-electron chi connectivity index (χ2n) is 4.67. The van der Waals surface area contributed by atoms with Gasteiger partial charge < -0.3 is 9.52 Å². The van der Waals surface area contributed by atoms with Crippen molar-refractivity contribution >= 4 is 27.6 Å². The first-order valence-electron chi connectivity index (χ1n) is 5.89. The number of hydrogen-bond acceptors (Lipinski definition) is 4. The first-order valence-corrected chi connectivity index (χ1v) is 6.71. The van der Waals surface area contributed by atoms with Crippen LogP contribution in [0, 0.1) is 5.92 Å². The average molecular weight is 264 g/mol. The van der Waals surface area contributed by atoms with Crippen molar-refractivity contribution < 1.29 is 14.3 Å². The standard InChI is InChI=1S/C13H12O4S/c14-11(15)6-9(7-4-5-7)8-2-1-3-10-12(8)18-13(16)17-10/h1-3,7,9H,4-6H2,(H,14,15).